The highest BCUT2D eigenvalue weighted by Gasteiger charge is 2.33. The van der Waals surface area contributed by atoms with Gasteiger partial charge in [0, 0.05) is 0 Å². The summed E-state index contributed by atoms with van der Waals surface area (Å²) in [4.78, 5) is 60.2. The van der Waals surface area contributed by atoms with Crippen LogP contribution < -0.4 is 21.7 Å². The van der Waals surface area contributed by atoms with Crippen LogP contribution in [0.15, 0.2) is 0 Å². The van der Waals surface area contributed by atoms with Gasteiger partial charge in [-0.3, -0.25) is 19.2 Å². The molecule has 5 unspecified atom stereocenters. The molecule has 0 aromatic carbocycles. The molecule has 3 amide bonds. The zero-order chi connectivity index (χ0) is 25.2. The summed E-state index contributed by atoms with van der Waals surface area (Å²) in [6, 6.07) is -4.51. The van der Waals surface area contributed by atoms with Crippen LogP contribution in [0.3, 0.4) is 0 Å². The summed E-state index contributed by atoms with van der Waals surface area (Å²) >= 11 is 0. The van der Waals surface area contributed by atoms with Gasteiger partial charge in [-0.2, -0.15) is 0 Å². The molecule has 11 nitrogen and oxygen atoms in total. The Labute approximate surface area is 188 Å². The van der Waals surface area contributed by atoms with E-state index in [1.165, 1.54) is 0 Å². The van der Waals surface area contributed by atoms with Crippen molar-refractivity contribution in [3.8, 4) is 0 Å². The average molecular weight is 459 g/mol. The third-order valence-electron chi connectivity index (χ3n) is 5.14. The van der Waals surface area contributed by atoms with E-state index in [0.717, 1.165) is 0 Å². The van der Waals surface area contributed by atoms with Crippen molar-refractivity contribution in [1.82, 2.24) is 16.0 Å². The first-order chi connectivity index (χ1) is 14.7. The van der Waals surface area contributed by atoms with E-state index in [2.05, 4.69) is 16.0 Å². The zero-order valence-corrected chi connectivity index (χ0v) is 19.7. The number of carbonyl (C=O) groups excluding carboxylic acids is 3. The molecule has 0 aliphatic heterocycles. The molecule has 0 aromatic heterocycles. The van der Waals surface area contributed by atoms with E-state index in [0.29, 0.717) is 12.8 Å². The molecule has 0 aliphatic carbocycles. The number of rotatable bonds is 14. The molecule has 11 heteroatoms. The van der Waals surface area contributed by atoms with E-state index in [-0.39, 0.29) is 11.8 Å². The highest BCUT2D eigenvalue weighted by molar-refractivity contribution is 5.94. The van der Waals surface area contributed by atoms with Crippen molar-refractivity contribution in [2.75, 3.05) is 0 Å². The van der Waals surface area contributed by atoms with E-state index in [4.69, 9.17) is 15.9 Å². The fourth-order valence-electron chi connectivity index (χ4n) is 2.91. The van der Waals surface area contributed by atoms with Crippen LogP contribution in [0.4, 0.5) is 0 Å². The summed E-state index contributed by atoms with van der Waals surface area (Å²) in [6.45, 7) is 10.8. The summed E-state index contributed by atoms with van der Waals surface area (Å²) < 4.78 is 0. The standard InChI is InChI=1S/C21H38N4O7/c1-7-12(6)16(22)19(29)23-13(8-10(2)3)18(28)25-17(11(4)5)20(30)24-14(21(31)32)9-15(26)27/h10-14,16-17H,7-9,22H2,1-6H3,(H,23,29)(H,24,30)(H,25,28)(H,26,27)(H,31,32). The lowest BCUT2D eigenvalue weighted by Crippen LogP contribution is -2.59. The van der Waals surface area contributed by atoms with Crippen LogP contribution in [0.1, 0.15) is 60.8 Å². The first-order valence-electron chi connectivity index (χ1n) is 10.8. The monoisotopic (exact) mass is 458 g/mol. The number of hydrogen-bond donors (Lipinski definition) is 6. The average Bonchev–Trinajstić information content (AvgIpc) is 2.68. The van der Waals surface area contributed by atoms with Crippen LogP contribution in [0.2, 0.25) is 0 Å². The number of carboxylic acids is 2. The fraction of sp³-hybridized carbons (Fsp3) is 0.762. The molecule has 0 saturated heterocycles. The minimum absolute atomic E-state index is 0.0455. The lowest BCUT2D eigenvalue weighted by molar-refractivity contribution is -0.147. The van der Waals surface area contributed by atoms with Gasteiger partial charge >= 0.3 is 11.9 Å². The van der Waals surface area contributed by atoms with Gasteiger partial charge in [0.05, 0.1) is 12.5 Å². The van der Waals surface area contributed by atoms with Crippen molar-refractivity contribution in [3.05, 3.63) is 0 Å². The molecule has 0 radical (unpaired) electrons. The maximum absolute atomic E-state index is 12.9. The maximum atomic E-state index is 12.9. The molecular weight excluding hydrogens is 420 g/mol. The van der Waals surface area contributed by atoms with Crippen LogP contribution >= 0.6 is 0 Å². The number of nitrogens with two attached hydrogens (primary N) is 1. The van der Waals surface area contributed by atoms with E-state index in [9.17, 15) is 24.0 Å². The van der Waals surface area contributed by atoms with Crippen molar-refractivity contribution >= 4 is 29.7 Å². The van der Waals surface area contributed by atoms with Gasteiger partial charge in [-0.15, -0.1) is 0 Å². The van der Waals surface area contributed by atoms with Crippen molar-refractivity contribution in [1.29, 1.82) is 0 Å². The first kappa shape index (κ1) is 29.3. The molecule has 32 heavy (non-hydrogen) atoms. The predicted octanol–water partition coefficient (Wildman–Crippen LogP) is 0.0756. The predicted molar refractivity (Wildman–Crippen MR) is 117 cm³/mol. The van der Waals surface area contributed by atoms with Crippen molar-refractivity contribution in [3.63, 3.8) is 0 Å². The third kappa shape index (κ3) is 10.1. The second kappa shape index (κ2) is 13.7. The molecule has 0 aliphatic rings. The van der Waals surface area contributed by atoms with Crippen LogP contribution in [0, 0.1) is 17.8 Å². The second-order valence-electron chi connectivity index (χ2n) is 8.83. The number of aliphatic carboxylic acids is 2. The van der Waals surface area contributed by atoms with Gasteiger partial charge in [-0.05, 0) is 24.2 Å². The normalized spacial score (nSPS) is 15.9. The summed E-state index contributed by atoms with van der Waals surface area (Å²) in [5.41, 5.74) is 5.96. The summed E-state index contributed by atoms with van der Waals surface area (Å²) in [5, 5.41) is 25.4. The Morgan fingerprint density at radius 2 is 1.34 bits per heavy atom. The van der Waals surface area contributed by atoms with E-state index < -0.39 is 66.2 Å². The molecule has 184 valence electrons. The van der Waals surface area contributed by atoms with Gasteiger partial charge in [0.25, 0.3) is 0 Å². The molecule has 0 fully saturated rings. The Morgan fingerprint density at radius 1 is 0.812 bits per heavy atom. The highest BCUT2D eigenvalue weighted by atomic mass is 16.4. The Balaban J connectivity index is 5.48. The summed E-state index contributed by atoms with van der Waals surface area (Å²) in [6.07, 6.45) is 0.180. The largest absolute Gasteiger partial charge is 0.481 e. The number of nitrogens with one attached hydrogen (secondary N) is 3. The topological polar surface area (TPSA) is 188 Å². The van der Waals surface area contributed by atoms with Crippen LogP contribution in [-0.2, 0) is 24.0 Å². The number of carboxylic acid groups (broad SMARTS) is 2. The Bertz CT molecular complexity index is 681. The number of hydrogen-bond acceptors (Lipinski definition) is 6. The quantitative estimate of drug-likeness (QED) is 0.211. The highest BCUT2D eigenvalue weighted by Crippen LogP contribution is 2.11. The van der Waals surface area contributed by atoms with E-state index in [1.807, 2.05) is 27.7 Å². The number of carbonyl (C=O) groups is 5. The summed E-state index contributed by atoms with van der Waals surface area (Å²) in [7, 11) is 0. The van der Waals surface area contributed by atoms with Gasteiger partial charge in [0.2, 0.25) is 17.7 Å². The molecule has 0 saturated carbocycles. The lowest BCUT2D eigenvalue weighted by Gasteiger charge is -2.28. The van der Waals surface area contributed by atoms with Gasteiger partial charge in [-0.25, -0.2) is 4.79 Å². The van der Waals surface area contributed by atoms with Gasteiger partial charge in [0.15, 0.2) is 0 Å². The Kier molecular flexibility index (Phi) is 12.5. The van der Waals surface area contributed by atoms with Crippen LogP contribution in [-0.4, -0.2) is 64.0 Å². The third-order valence-corrected chi connectivity index (χ3v) is 5.14. The smallest absolute Gasteiger partial charge is 0.326 e. The molecule has 0 rings (SSSR count). The lowest BCUT2D eigenvalue weighted by atomic mass is 9.97. The van der Waals surface area contributed by atoms with Gasteiger partial charge < -0.3 is 31.9 Å². The van der Waals surface area contributed by atoms with Crippen molar-refractivity contribution < 1.29 is 34.2 Å². The fourth-order valence-corrected chi connectivity index (χ4v) is 2.91. The Hall–Kier alpha value is -2.69. The van der Waals surface area contributed by atoms with Gasteiger partial charge in [-0.1, -0.05) is 48.0 Å². The van der Waals surface area contributed by atoms with Crippen LogP contribution in [0.5, 0.6) is 0 Å². The SMILES string of the molecule is CCC(C)C(N)C(=O)NC(CC(C)C)C(=O)NC(C(=O)NC(CC(=O)O)C(=O)O)C(C)C. The molecule has 0 heterocycles. The summed E-state index contributed by atoms with van der Waals surface area (Å²) in [5.74, 6) is -5.28. The first-order valence-corrected chi connectivity index (χ1v) is 10.8. The Morgan fingerprint density at radius 3 is 1.75 bits per heavy atom. The van der Waals surface area contributed by atoms with Crippen molar-refractivity contribution in [2.45, 2.75) is 85.0 Å². The molecule has 0 bridgehead atoms. The molecule has 7 N–H and O–H groups in total. The molecular formula is C21H38N4O7. The zero-order valence-electron chi connectivity index (χ0n) is 19.7. The number of amides is 3. The second-order valence-corrected chi connectivity index (χ2v) is 8.83. The molecule has 0 aromatic rings. The van der Waals surface area contributed by atoms with Gasteiger partial charge in [0.1, 0.15) is 18.1 Å². The van der Waals surface area contributed by atoms with E-state index >= 15 is 0 Å². The van der Waals surface area contributed by atoms with Crippen molar-refractivity contribution in [2.24, 2.45) is 23.5 Å². The van der Waals surface area contributed by atoms with Crippen LogP contribution in [0.25, 0.3) is 0 Å². The van der Waals surface area contributed by atoms with E-state index in [1.54, 1.807) is 13.8 Å². The maximum Gasteiger partial charge on any atom is 0.326 e. The molecule has 0 spiro atoms. The molecule has 5 atom stereocenters. The minimum Gasteiger partial charge on any atom is -0.481 e. The minimum atomic E-state index is -1.64.